The molecule has 56 heavy (non-hydrogen) atoms. The quantitative estimate of drug-likeness (QED) is 0.0819. The highest BCUT2D eigenvalue weighted by molar-refractivity contribution is 4.99. The minimum absolute atomic E-state index is 0.858. The van der Waals surface area contributed by atoms with Crippen molar-refractivity contribution in [2.45, 2.75) is 154 Å². The Morgan fingerprint density at radius 1 is 0.268 bits per heavy atom. The minimum Gasteiger partial charge on any atom is -0.394 e. The van der Waals surface area contributed by atoms with Crippen molar-refractivity contribution in [2.24, 2.45) is 0 Å². The fourth-order valence-corrected chi connectivity index (χ4v) is 7.00. The summed E-state index contributed by atoms with van der Waals surface area (Å²) < 4.78 is 49.5. The van der Waals surface area contributed by atoms with Gasteiger partial charge in [0.1, 0.15) is 122 Å². The summed E-state index contributed by atoms with van der Waals surface area (Å²) in [6, 6.07) is 0. The molecule has 25 unspecified atom stereocenters. The molecule has 17 N–H and O–H groups in total. The first-order valence-corrected chi connectivity index (χ1v) is 17.6. The van der Waals surface area contributed by atoms with Crippen LogP contribution in [0.25, 0.3) is 0 Å². The number of hydrogen-bond acceptors (Lipinski definition) is 26. The van der Waals surface area contributed by atoms with Crippen molar-refractivity contribution in [2.75, 3.05) is 33.0 Å². The van der Waals surface area contributed by atoms with Crippen molar-refractivity contribution >= 4 is 0 Å². The zero-order valence-electron chi connectivity index (χ0n) is 29.2. The Morgan fingerprint density at radius 3 is 1.14 bits per heavy atom. The summed E-state index contributed by atoms with van der Waals surface area (Å²) in [6.07, 6.45) is -46.8. The highest BCUT2D eigenvalue weighted by Gasteiger charge is 2.56. The van der Waals surface area contributed by atoms with Crippen molar-refractivity contribution in [3.8, 4) is 0 Å². The molecule has 0 aliphatic carbocycles. The van der Waals surface area contributed by atoms with Crippen LogP contribution in [-0.2, 0) is 42.6 Å². The minimum atomic E-state index is -2.18. The van der Waals surface area contributed by atoms with Crippen molar-refractivity contribution in [1.82, 2.24) is 0 Å². The highest BCUT2D eigenvalue weighted by atomic mass is 16.8. The summed E-state index contributed by atoms with van der Waals surface area (Å²) >= 11 is 0. The third-order valence-electron chi connectivity index (χ3n) is 10.3. The van der Waals surface area contributed by atoms with Gasteiger partial charge >= 0.3 is 0 Å². The molecule has 0 radical (unpaired) electrons. The molecule has 26 nitrogen and oxygen atoms in total. The molecule has 25 atom stereocenters. The molecule has 0 aromatic heterocycles. The predicted octanol–water partition coefficient (Wildman–Crippen LogP) is -11.9. The Hall–Kier alpha value is -1.04. The van der Waals surface area contributed by atoms with Gasteiger partial charge in [-0.05, 0) is 0 Å². The van der Waals surface area contributed by atoms with Crippen molar-refractivity contribution < 1.29 is 129 Å². The van der Waals surface area contributed by atoms with Crippen molar-refractivity contribution in [3.63, 3.8) is 0 Å². The van der Waals surface area contributed by atoms with Gasteiger partial charge in [-0.15, -0.1) is 0 Å². The molecule has 26 heteroatoms. The van der Waals surface area contributed by atoms with Crippen LogP contribution < -0.4 is 0 Å². The Morgan fingerprint density at radius 2 is 0.607 bits per heavy atom. The Balaban J connectivity index is 1.32. The van der Waals surface area contributed by atoms with Crippen LogP contribution in [0.2, 0.25) is 0 Å². The SMILES string of the molecule is OCC1OC(OC2C(OC3C(CO)OC(OC4C(O)C(CO)OC(OC5C(CO)OC(O)C(O)C5O)C4O)C(O)C3O)OC(CO)C(O)C2O)C(O)C(O)C1O. The average molecular weight is 829 g/mol. The summed E-state index contributed by atoms with van der Waals surface area (Å²) in [6.45, 7) is -4.59. The number of aliphatic hydroxyl groups excluding tert-OH is 17. The van der Waals surface area contributed by atoms with Crippen LogP contribution in [0.3, 0.4) is 0 Å². The van der Waals surface area contributed by atoms with Crippen molar-refractivity contribution in [1.29, 1.82) is 0 Å². The molecule has 0 aromatic rings. The molecule has 0 bridgehead atoms. The van der Waals surface area contributed by atoms with Crippen LogP contribution in [0.4, 0.5) is 0 Å². The average Bonchev–Trinajstić information content (AvgIpc) is 3.19. The Labute approximate surface area is 316 Å². The summed E-state index contributed by atoms with van der Waals surface area (Å²) in [5, 5.41) is 176. The lowest BCUT2D eigenvalue weighted by Crippen LogP contribution is -2.68. The molecule has 5 saturated heterocycles. The smallest absolute Gasteiger partial charge is 0.187 e. The molecule has 0 spiro atoms. The third kappa shape index (κ3) is 9.16. The number of ether oxygens (including phenoxy) is 9. The molecule has 5 fully saturated rings. The second-order valence-corrected chi connectivity index (χ2v) is 13.9. The van der Waals surface area contributed by atoms with E-state index in [1.54, 1.807) is 0 Å². The van der Waals surface area contributed by atoms with Crippen molar-refractivity contribution in [3.05, 3.63) is 0 Å². The Kier molecular flexibility index (Phi) is 16.1. The zero-order chi connectivity index (χ0) is 41.3. The molecular formula is C30H52O26. The van der Waals surface area contributed by atoms with Gasteiger partial charge in [-0.3, -0.25) is 0 Å². The summed E-state index contributed by atoms with van der Waals surface area (Å²) in [7, 11) is 0. The third-order valence-corrected chi connectivity index (χ3v) is 10.3. The standard InChI is InChI=1S/C30H52O26/c31-1-6-11(36)14(39)19(44)27(49-6)56-25-15(40)12(37)7(2-32)51-30(25)54-23-10(5-35)52-28(20(45)17(23)42)55-24-13(38)8(3-33)50-29(21(24)46)53-22-9(4-34)48-26(47)18(43)16(22)41/h6-47H,1-5H2. The first kappa shape index (κ1) is 46.0. The Bertz CT molecular complexity index is 1200. The molecule has 5 heterocycles. The normalized spacial score (nSPS) is 53.2. The lowest BCUT2D eigenvalue weighted by atomic mass is 9.95. The van der Waals surface area contributed by atoms with Gasteiger partial charge in [0.2, 0.25) is 0 Å². The molecule has 0 amide bonds. The van der Waals surface area contributed by atoms with Crippen LogP contribution >= 0.6 is 0 Å². The van der Waals surface area contributed by atoms with E-state index in [9.17, 15) is 86.8 Å². The number of hydrogen-bond donors (Lipinski definition) is 17. The highest BCUT2D eigenvalue weighted by Crippen LogP contribution is 2.35. The summed E-state index contributed by atoms with van der Waals surface area (Å²) in [5.41, 5.74) is 0. The lowest BCUT2D eigenvalue weighted by molar-refractivity contribution is -0.398. The van der Waals surface area contributed by atoms with E-state index in [0.717, 1.165) is 0 Å². The molecular weight excluding hydrogens is 776 g/mol. The van der Waals surface area contributed by atoms with E-state index >= 15 is 0 Å². The second kappa shape index (κ2) is 19.6. The molecule has 5 aliphatic heterocycles. The van der Waals surface area contributed by atoms with E-state index in [1.807, 2.05) is 0 Å². The van der Waals surface area contributed by atoms with Gasteiger partial charge in [0.15, 0.2) is 31.5 Å². The van der Waals surface area contributed by atoms with Gasteiger partial charge in [-0.2, -0.15) is 0 Å². The van der Waals surface area contributed by atoms with E-state index in [2.05, 4.69) is 0 Å². The fourth-order valence-electron chi connectivity index (χ4n) is 7.00. The van der Waals surface area contributed by atoms with Crippen LogP contribution in [0.5, 0.6) is 0 Å². The summed E-state index contributed by atoms with van der Waals surface area (Å²) in [5.74, 6) is 0. The monoisotopic (exact) mass is 828 g/mol. The van der Waals surface area contributed by atoms with Gasteiger partial charge in [0.25, 0.3) is 0 Å². The molecule has 5 aliphatic rings. The van der Waals surface area contributed by atoms with Crippen LogP contribution in [0.1, 0.15) is 0 Å². The van der Waals surface area contributed by atoms with E-state index in [4.69, 9.17) is 42.6 Å². The van der Waals surface area contributed by atoms with Gasteiger partial charge < -0.3 is 129 Å². The second-order valence-electron chi connectivity index (χ2n) is 13.9. The molecule has 328 valence electrons. The van der Waals surface area contributed by atoms with Gasteiger partial charge in [0, 0.05) is 0 Å². The molecule has 0 saturated carbocycles. The van der Waals surface area contributed by atoms with Gasteiger partial charge in [-0.1, -0.05) is 0 Å². The maximum absolute atomic E-state index is 11.2. The van der Waals surface area contributed by atoms with E-state index in [1.165, 1.54) is 0 Å². The largest absolute Gasteiger partial charge is 0.394 e. The molecule has 5 rings (SSSR count). The van der Waals surface area contributed by atoms with E-state index < -0.39 is 187 Å². The first-order valence-electron chi connectivity index (χ1n) is 17.6. The van der Waals surface area contributed by atoms with Crippen LogP contribution in [-0.4, -0.2) is 273 Å². The van der Waals surface area contributed by atoms with E-state index in [-0.39, 0.29) is 0 Å². The maximum Gasteiger partial charge on any atom is 0.187 e. The number of aliphatic hydroxyl groups is 17. The predicted molar refractivity (Wildman–Crippen MR) is 167 cm³/mol. The topological polar surface area (TPSA) is 427 Å². The van der Waals surface area contributed by atoms with Gasteiger partial charge in [0.05, 0.1) is 33.0 Å². The van der Waals surface area contributed by atoms with Crippen LogP contribution in [0, 0.1) is 0 Å². The zero-order valence-corrected chi connectivity index (χ0v) is 29.2. The van der Waals surface area contributed by atoms with Gasteiger partial charge in [-0.25, -0.2) is 0 Å². The summed E-state index contributed by atoms with van der Waals surface area (Å²) in [4.78, 5) is 0. The van der Waals surface area contributed by atoms with E-state index in [0.29, 0.717) is 0 Å². The maximum atomic E-state index is 11.2. The number of rotatable bonds is 13. The lowest BCUT2D eigenvalue weighted by Gasteiger charge is -2.49. The van der Waals surface area contributed by atoms with Crippen LogP contribution in [0.15, 0.2) is 0 Å². The molecule has 0 aromatic carbocycles. The fraction of sp³-hybridized carbons (Fsp3) is 1.00. The first-order chi connectivity index (χ1) is 26.5.